The summed E-state index contributed by atoms with van der Waals surface area (Å²) in [5.74, 6) is -0.437. The second-order valence-corrected chi connectivity index (χ2v) is 9.91. The topological polar surface area (TPSA) is 66.8 Å². The van der Waals surface area contributed by atoms with Gasteiger partial charge < -0.3 is 24.4 Å². The van der Waals surface area contributed by atoms with Gasteiger partial charge in [-0.25, -0.2) is 9.59 Å². The number of carbonyl (C=O) groups is 2. The zero-order valence-electron chi connectivity index (χ0n) is 19.8. The molecule has 0 bridgehead atoms. The van der Waals surface area contributed by atoms with Gasteiger partial charge >= 0.3 is 12.0 Å². The number of fused-ring (bicyclic) bond motifs is 5. The first-order valence-electron chi connectivity index (χ1n) is 11.8. The summed E-state index contributed by atoms with van der Waals surface area (Å²) in [5.41, 5.74) is 4.58. The van der Waals surface area contributed by atoms with Crippen LogP contribution in [0.4, 0.5) is 10.5 Å². The van der Waals surface area contributed by atoms with Crippen LogP contribution in [0.15, 0.2) is 42.6 Å². The van der Waals surface area contributed by atoms with Crippen LogP contribution < -0.4 is 5.32 Å². The standard InChI is InChI=1S/C26H30N4O3S/c1-4-21-22-11-8-13-29(22)24-19(17-12-14-28(3)16-23(17)34-24)15-30(21)26(32)27-20-10-7-6-9-18(20)25(31)33-5-2/h6-11,13,21H,4-5,12,14-16H2,1-3H3,(H,27,32). The van der Waals surface area contributed by atoms with Crippen LogP contribution in [-0.2, 0) is 24.2 Å². The first kappa shape index (κ1) is 22.7. The fourth-order valence-corrected chi connectivity index (χ4v) is 6.48. The number of amides is 2. The van der Waals surface area contributed by atoms with Gasteiger partial charge in [0.25, 0.3) is 0 Å². The van der Waals surface area contributed by atoms with Gasteiger partial charge in [0.15, 0.2) is 0 Å². The monoisotopic (exact) mass is 478 g/mol. The minimum absolute atomic E-state index is 0.0775. The predicted molar refractivity (Wildman–Crippen MR) is 134 cm³/mol. The van der Waals surface area contributed by atoms with E-state index < -0.39 is 5.97 Å². The van der Waals surface area contributed by atoms with Crippen LogP contribution in [0.5, 0.6) is 0 Å². The van der Waals surface area contributed by atoms with Gasteiger partial charge in [-0.05, 0) is 56.6 Å². The lowest BCUT2D eigenvalue weighted by Gasteiger charge is -2.31. The number of urea groups is 1. The lowest BCUT2D eigenvalue weighted by Crippen LogP contribution is -2.38. The number of hydrogen-bond acceptors (Lipinski definition) is 5. The second kappa shape index (κ2) is 9.27. The molecule has 0 fully saturated rings. The molecular formula is C26H30N4O3S. The van der Waals surface area contributed by atoms with Crippen molar-refractivity contribution in [2.24, 2.45) is 0 Å². The van der Waals surface area contributed by atoms with Crippen molar-refractivity contribution in [1.82, 2.24) is 14.4 Å². The smallest absolute Gasteiger partial charge is 0.340 e. The average molecular weight is 479 g/mol. The molecule has 1 N–H and O–H groups in total. The number of anilines is 1. The summed E-state index contributed by atoms with van der Waals surface area (Å²) in [4.78, 5) is 31.9. The van der Waals surface area contributed by atoms with Crippen LogP contribution in [0, 0.1) is 0 Å². The first-order chi connectivity index (χ1) is 16.5. The third kappa shape index (κ3) is 3.91. The molecule has 5 rings (SSSR count). The second-order valence-electron chi connectivity index (χ2n) is 8.83. The van der Waals surface area contributed by atoms with Crippen molar-refractivity contribution in [3.8, 4) is 5.00 Å². The summed E-state index contributed by atoms with van der Waals surface area (Å²) in [7, 11) is 2.16. The molecular weight excluding hydrogens is 448 g/mol. The Morgan fingerprint density at radius 1 is 1.12 bits per heavy atom. The molecule has 178 valence electrons. The largest absolute Gasteiger partial charge is 0.462 e. The molecule has 2 aromatic heterocycles. The number of para-hydroxylation sites is 1. The highest BCUT2D eigenvalue weighted by Crippen LogP contribution is 2.42. The number of thiophene rings is 1. The SMILES string of the molecule is CCOC(=O)c1ccccc1NC(=O)N1Cc2c(sc3c2CCN(C)C3)-n2cccc2C1CC. The number of ether oxygens (including phenoxy) is 1. The maximum absolute atomic E-state index is 13.8. The van der Waals surface area contributed by atoms with Crippen LogP contribution in [0.2, 0.25) is 0 Å². The van der Waals surface area contributed by atoms with Gasteiger partial charge in [0.1, 0.15) is 5.00 Å². The van der Waals surface area contributed by atoms with Crippen LogP contribution in [0.25, 0.3) is 5.00 Å². The Kier molecular flexibility index (Phi) is 6.18. The molecule has 7 nitrogen and oxygen atoms in total. The normalized spacial score (nSPS) is 17.4. The molecule has 2 aliphatic heterocycles. The third-order valence-electron chi connectivity index (χ3n) is 6.69. The Hall–Kier alpha value is -3.10. The average Bonchev–Trinajstić information content (AvgIpc) is 3.41. The predicted octanol–water partition coefficient (Wildman–Crippen LogP) is 5.20. The number of likely N-dealkylation sites (N-methyl/N-ethyl adjacent to an activating group) is 1. The van der Waals surface area contributed by atoms with E-state index in [1.54, 1.807) is 25.1 Å². The molecule has 0 saturated heterocycles. The van der Waals surface area contributed by atoms with E-state index in [2.05, 4.69) is 47.1 Å². The van der Waals surface area contributed by atoms with Gasteiger partial charge in [0.2, 0.25) is 0 Å². The van der Waals surface area contributed by atoms with Crippen molar-refractivity contribution in [2.45, 2.75) is 45.8 Å². The number of nitrogens with one attached hydrogen (secondary N) is 1. The molecule has 8 heteroatoms. The number of hydrogen-bond donors (Lipinski definition) is 1. The minimum Gasteiger partial charge on any atom is -0.462 e. The minimum atomic E-state index is -0.437. The highest BCUT2D eigenvalue weighted by molar-refractivity contribution is 7.15. The van der Waals surface area contributed by atoms with Gasteiger partial charge in [-0.1, -0.05) is 19.1 Å². The number of rotatable bonds is 4. The van der Waals surface area contributed by atoms with Crippen LogP contribution in [-0.4, -0.2) is 46.6 Å². The van der Waals surface area contributed by atoms with Gasteiger partial charge in [0.05, 0.1) is 30.4 Å². The summed E-state index contributed by atoms with van der Waals surface area (Å²) in [6.07, 6.45) is 3.89. The van der Waals surface area contributed by atoms with Crippen molar-refractivity contribution in [1.29, 1.82) is 0 Å². The van der Waals surface area contributed by atoms with Crippen LogP contribution in [0.3, 0.4) is 0 Å². The van der Waals surface area contributed by atoms with Crippen molar-refractivity contribution >= 4 is 29.0 Å². The molecule has 3 aromatic rings. The lowest BCUT2D eigenvalue weighted by molar-refractivity contribution is 0.0527. The Morgan fingerprint density at radius 2 is 1.94 bits per heavy atom. The van der Waals surface area contributed by atoms with Crippen LogP contribution in [0.1, 0.15) is 58.4 Å². The van der Waals surface area contributed by atoms with E-state index in [1.807, 2.05) is 22.3 Å². The quantitative estimate of drug-likeness (QED) is 0.523. The third-order valence-corrected chi connectivity index (χ3v) is 7.95. The molecule has 0 saturated carbocycles. The van der Waals surface area contributed by atoms with Gasteiger partial charge in [-0.2, -0.15) is 0 Å². The number of carbonyl (C=O) groups excluding carboxylic acids is 2. The molecule has 1 unspecified atom stereocenters. The maximum Gasteiger partial charge on any atom is 0.340 e. The summed E-state index contributed by atoms with van der Waals surface area (Å²) in [6.45, 7) is 6.67. The van der Waals surface area contributed by atoms with E-state index in [1.165, 1.54) is 21.0 Å². The Morgan fingerprint density at radius 3 is 2.74 bits per heavy atom. The molecule has 34 heavy (non-hydrogen) atoms. The van der Waals surface area contributed by atoms with Gasteiger partial charge in [-0.3, -0.25) is 0 Å². The number of benzene rings is 1. The molecule has 2 amide bonds. The van der Waals surface area contributed by atoms with E-state index in [0.29, 0.717) is 17.8 Å². The zero-order chi connectivity index (χ0) is 23.8. The fraction of sp³-hybridized carbons (Fsp3) is 0.385. The van der Waals surface area contributed by atoms with Crippen molar-refractivity contribution in [2.75, 3.05) is 25.5 Å². The molecule has 4 heterocycles. The van der Waals surface area contributed by atoms with Crippen molar-refractivity contribution in [3.05, 3.63) is 69.9 Å². The lowest BCUT2D eigenvalue weighted by atomic mass is 10.0. The molecule has 0 spiro atoms. The zero-order valence-corrected chi connectivity index (χ0v) is 20.7. The number of esters is 1. The summed E-state index contributed by atoms with van der Waals surface area (Å²) >= 11 is 1.85. The first-order valence-corrected chi connectivity index (χ1v) is 12.7. The van der Waals surface area contributed by atoms with E-state index in [9.17, 15) is 9.59 Å². The molecule has 2 aliphatic rings. The summed E-state index contributed by atoms with van der Waals surface area (Å²) in [5, 5.41) is 4.24. The van der Waals surface area contributed by atoms with Crippen LogP contribution >= 0.6 is 11.3 Å². The van der Waals surface area contributed by atoms with E-state index in [-0.39, 0.29) is 18.7 Å². The molecule has 1 aromatic carbocycles. The van der Waals surface area contributed by atoms with E-state index >= 15 is 0 Å². The Bertz CT molecular complexity index is 1230. The van der Waals surface area contributed by atoms with Crippen molar-refractivity contribution < 1.29 is 14.3 Å². The summed E-state index contributed by atoms with van der Waals surface area (Å²) < 4.78 is 7.46. The maximum atomic E-state index is 13.8. The van der Waals surface area contributed by atoms with E-state index in [0.717, 1.165) is 31.6 Å². The van der Waals surface area contributed by atoms with Gasteiger partial charge in [0, 0.05) is 35.4 Å². The highest BCUT2D eigenvalue weighted by atomic mass is 32.1. The van der Waals surface area contributed by atoms with Gasteiger partial charge in [-0.15, -0.1) is 11.3 Å². The molecule has 0 aliphatic carbocycles. The van der Waals surface area contributed by atoms with E-state index in [4.69, 9.17) is 4.74 Å². The fourth-order valence-electron chi connectivity index (χ4n) is 5.04. The summed E-state index contributed by atoms with van der Waals surface area (Å²) in [6, 6.07) is 10.9. The Labute approximate surface area is 203 Å². The Balaban J connectivity index is 1.53. The molecule has 1 atom stereocenters. The molecule has 0 radical (unpaired) electrons. The number of aromatic nitrogens is 1. The highest BCUT2D eigenvalue weighted by Gasteiger charge is 2.35. The number of nitrogens with zero attached hydrogens (tertiary/aromatic N) is 3. The van der Waals surface area contributed by atoms with Crippen molar-refractivity contribution in [3.63, 3.8) is 0 Å².